The van der Waals surface area contributed by atoms with E-state index < -0.39 is 0 Å². The molecule has 0 nitrogen and oxygen atoms in total. The van der Waals surface area contributed by atoms with Crippen molar-refractivity contribution in [1.82, 2.24) is 0 Å². The van der Waals surface area contributed by atoms with Crippen molar-refractivity contribution in [3.05, 3.63) is 0 Å². The van der Waals surface area contributed by atoms with Crippen LogP contribution in [0.2, 0.25) is 0 Å². The normalized spacial score (nSPS) is 0. The second-order valence-electron chi connectivity index (χ2n) is 0. The first kappa shape index (κ1) is 154. The van der Waals surface area contributed by atoms with Crippen LogP contribution in [0, 0.1) is 0 Å². The molecular weight excluding hydrogens is 2160 g/mol. The van der Waals surface area contributed by atoms with Crippen molar-refractivity contribution >= 4 is 408 Å². The molecule has 136 valence electrons. The van der Waals surface area contributed by atoms with E-state index in [1.807, 2.05) is 0 Å². The van der Waals surface area contributed by atoms with Gasteiger partial charge in [-0.3, -0.25) is 0 Å². The summed E-state index contributed by atoms with van der Waals surface area (Å²) in [7, 11) is 0. The number of hydrogen-bond donors (Lipinski definition) is 0. The highest BCUT2D eigenvalue weighted by atomic mass is 127. The molecule has 0 aliphatic rings. The maximum atomic E-state index is 0. The standard InChI is InChI=1S/17HI/h17*1H. The van der Waals surface area contributed by atoms with Gasteiger partial charge in [0.25, 0.3) is 0 Å². The van der Waals surface area contributed by atoms with Gasteiger partial charge in [0.1, 0.15) is 0 Å². The Bertz CT molecular complexity index is 0. The van der Waals surface area contributed by atoms with E-state index in [1.54, 1.807) is 0 Å². The quantitative estimate of drug-likeness (QED) is 0.212. The van der Waals surface area contributed by atoms with Crippen LogP contribution in [0.25, 0.3) is 0 Å². The van der Waals surface area contributed by atoms with E-state index in [0.717, 1.165) is 0 Å². The first-order chi connectivity index (χ1) is 0. The van der Waals surface area contributed by atoms with E-state index in [-0.39, 0.29) is 408 Å². The summed E-state index contributed by atoms with van der Waals surface area (Å²) in [4.78, 5) is 0. The van der Waals surface area contributed by atoms with Gasteiger partial charge < -0.3 is 0 Å². The van der Waals surface area contributed by atoms with Crippen molar-refractivity contribution < 1.29 is 0 Å². The van der Waals surface area contributed by atoms with Crippen molar-refractivity contribution in [2.75, 3.05) is 0 Å². The number of halogens is 17. The van der Waals surface area contributed by atoms with Gasteiger partial charge in [-0.2, -0.15) is 0 Å². The highest BCUT2D eigenvalue weighted by molar-refractivity contribution is 14.0. The average Bonchev–Trinajstić information content (AvgIpc) is 0. The minimum atomic E-state index is 0. The Hall–Kier alpha value is 12.4. The van der Waals surface area contributed by atoms with Crippen LogP contribution in [0.5, 0.6) is 0 Å². The molecule has 17 heteroatoms. The lowest BCUT2D eigenvalue weighted by Crippen LogP contribution is 0.885. The third-order valence-corrected chi connectivity index (χ3v) is 0. The van der Waals surface area contributed by atoms with Crippen LogP contribution < -0.4 is 0 Å². The fourth-order valence-electron chi connectivity index (χ4n) is 0. The van der Waals surface area contributed by atoms with Gasteiger partial charge in [0, 0.05) is 0 Å². The first-order valence-corrected chi connectivity index (χ1v) is 0. The number of hydrogen-bond acceptors (Lipinski definition) is 0. The van der Waals surface area contributed by atoms with Gasteiger partial charge in [-0.05, 0) is 0 Å². The lowest BCUT2D eigenvalue weighted by Gasteiger charge is -0.108. The molecule has 0 aromatic rings. The predicted octanol–water partition coefficient (Wildman–Crippen LogP) is 10.5. The van der Waals surface area contributed by atoms with Crippen LogP contribution >= 0.6 is 408 Å². The first-order valence-electron chi connectivity index (χ1n) is 0. The van der Waals surface area contributed by atoms with E-state index in [2.05, 4.69) is 0 Å². The Kier molecular flexibility index (Phi) is 1260. The molecule has 0 N–H and O–H groups in total. The largest absolute Gasteiger partial charge is 0.107 e. The SMILES string of the molecule is I.I.I.I.I.I.I.I.I.I.I.I.I.I.I.I.I. The Labute approximate surface area is 395 Å². The molecule has 0 aliphatic carbocycles. The Morgan fingerprint density at radius 1 is 0.0588 bits per heavy atom. The molecule has 0 bridgehead atoms. The van der Waals surface area contributed by atoms with Crippen LogP contribution in [-0.4, -0.2) is 0 Å². The molecule has 0 saturated heterocycles. The van der Waals surface area contributed by atoms with Gasteiger partial charge in [-0.1, -0.05) is 0 Å². The van der Waals surface area contributed by atoms with Crippen LogP contribution in [0.1, 0.15) is 0 Å². The summed E-state index contributed by atoms with van der Waals surface area (Å²) in [6.45, 7) is 0. The Morgan fingerprint density at radius 3 is 0.0588 bits per heavy atom. The highest BCUT2D eigenvalue weighted by Gasteiger charge is -0.0915. The molecule has 0 radical (unpaired) electrons. The molecule has 0 fully saturated rings. The van der Waals surface area contributed by atoms with E-state index in [4.69, 9.17) is 0 Å². The summed E-state index contributed by atoms with van der Waals surface area (Å²) in [5.41, 5.74) is 0. The zero-order chi connectivity index (χ0) is 0. The summed E-state index contributed by atoms with van der Waals surface area (Å²) in [6.07, 6.45) is 0. The molecule has 0 rings (SSSR count). The molecule has 0 amide bonds. The molecule has 0 aromatic heterocycles. The molecule has 0 heterocycles. The van der Waals surface area contributed by atoms with Crippen LogP contribution in [-0.2, 0) is 0 Å². The molecule has 0 atom stereocenters. The van der Waals surface area contributed by atoms with Crippen molar-refractivity contribution in [3.8, 4) is 0 Å². The Morgan fingerprint density at radius 2 is 0.0588 bits per heavy atom. The summed E-state index contributed by atoms with van der Waals surface area (Å²) < 4.78 is 0. The van der Waals surface area contributed by atoms with E-state index in [9.17, 15) is 0 Å². The lowest BCUT2D eigenvalue weighted by molar-refractivity contribution is 14.0. The van der Waals surface area contributed by atoms with Crippen LogP contribution in [0.4, 0.5) is 0 Å². The minimum absolute atomic E-state index is 0. The number of rotatable bonds is 0. The third kappa shape index (κ3) is 129. The van der Waals surface area contributed by atoms with Crippen molar-refractivity contribution in [1.29, 1.82) is 0 Å². The monoisotopic (exact) mass is 2170 g/mol. The smallest absolute Gasteiger partial charge is 0.107 e. The van der Waals surface area contributed by atoms with Gasteiger partial charge in [0.2, 0.25) is 0 Å². The molecule has 0 aromatic carbocycles. The fraction of sp³-hybridized carbons (Fsp3) is 0. The predicted molar refractivity (Wildman–Crippen MR) is 262 cm³/mol. The molecule has 0 spiro atoms. The maximum absolute atomic E-state index is 0. The molecule has 17 heavy (non-hydrogen) atoms. The van der Waals surface area contributed by atoms with E-state index in [1.165, 1.54) is 0 Å². The van der Waals surface area contributed by atoms with E-state index in [0.29, 0.717) is 0 Å². The van der Waals surface area contributed by atoms with Gasteiger partial charge in [0.05, 0.1) is 0 Å². The van der Waals surface area contributed by atoms with Gasteiger partial charge >= 0.3 is 0 Å². The summed E-state index contributed by atoms with van der Waals surface area (Å²) in [5, 5.41) is 0. The van der Waals surface area contributed by atoms with Crippen molar-refractivity contribution in [2.45, 2.75) is 0 Å². The Balaban J connectivity index is 0. The van der Waals surface area contributed by atoms with Crippen molar-refractivity contribution in [3.63, 3.8) is 0 Å². The highest BCUT2D eigenvalue weighted by Crippen LogP contribution is 0.902. The lowest BCUT2D eigenvalue weighted by atomic mass is 127. The molecule has 0 unspecified atom stereocenters. The van der Waals surface area contributed by atoms with Crippen LogP contribution in [0.3, 0.4) is 0 Å². The van der Waals surface area contributed by atoms with Crippen molar-refractivity contribution in [2.24, 2.45) is 0 Å². The van der Waals surface area contributed by atoms with Crippen LogP contribution in [0.15, 0.2) is 0 Å². The van der Waals surface area contributed by atoms with Gasteiger partial charge in [-0.25, -0.2) is 0 Å². The molecule has 0 saturated carbocycles. The van der Waals surface area contributed by atoms with Gasteiger partial charge in [0.15, 0.2) is 0 Å². The van der Waals surface area contributed by atoms with Gasteiger partial charge in [-0.15, -0.1) is 408 Å². The maximum Gasteiger partial charge on any atom is -0.107 e. The topological polar surface area (TPSA) is 0 Å². The third-order valence-electron chi connectivity index (χ3n) is 0. The zero-order valence-corrected chi connectivity index (χ0v) is 46.6. The summed E-state index contributed by atoms with van der Waals surface area (Å²) in [6, 6.07) is 0. The van der Waals surface area contributed by atoms with E-state index >= 15 is 0 Å². The summed E-state index contributed by atoms with van der Waals surface area (Å²) >= 11 is 0. The second-order valence-corrected chi connectivity index (χ2v) is 0. The molecular formula is H17I17. The summed E-state index contributed by atoms with van der Waals surface area (Å²) in [5.74, 6) is 0. The average molecular weight is 2170 g/mol. The minimum Gasteiger partial charge on any atom is -0.107 e. The second kappa shape index (κ2) is 139. The fourth-order valence-corrected chi connectivity index (χ4v) is 0. The molecule has 0 aliphatic heterocycles. The zero-order valence-electron chi connectivity index (χ0n) is 6.94.